The highest BCUT2D eigenvalue weighted by molar-refractivity contribution is 5.81. The van der Waals surface area contributed by atoms with Crippen LogP contribution in [0.5, 0.6) is 0 Å². The predicted octanol–water partition coefficient (Wildman–Crippen LogP) is 0.0144. The summed E-state index contributed by atoms with van der Waals surface area (Å²) < 4.78 is 28.8. The number of H-pyrrole nitrogens is 2. The first kappa shape index (κ1) is 51.4. The second-order valence-electron chi connectivity index (χ2n) is 17.2. The summed E-state index contributed by atoms with van der Waals surface area (Å²) in [5.74, 6) is 0.570. The number of nitrogens with one attached hydrogen (secondary N) is 2. The first-order chi connectivity index (χ1) is 33.4. The molecule has 70 heavy (non-hydrogen) atoms. The number of ether oxygens (including phenoxy) is 4. The van der Waals surface area contributed by atoms with Crippen molar-refractivity contribution in [3.05, 3.63) is 84.7 Å². The van der Waals surface area contributed by atoms with E-state index in [2.05, 4.69) is 39.9 Å². The van der Waals surface area contributed by atoms with Gasteiger partial charge in [-0.05, 0) is 38.7 Å². The zero-order valence-corrected chi connectivity index (χ0v) is 39.3. The van der Waals surface area contributed by atoms with E-state index in [9.17, 15) is 39.6 Å². The van der Waals surface area contributed by atoms with E-state index < -0.39 is 53.8 Å². The lowest BCUT2D eigenvalue weighted by Gasteiger charge is -2.14. The number of anilines is 3. The monoisotopic (exact) mass is 979 g/mol. The van der Waals surface area contributed by atoms with E-state index in [1.165, 1.54) is 34.1 Å². The molecule has 4 aliphatic heterocycles. The Morgan fingerprint density at radius 1 is 0.600 bits per heavy atom. The van der Waals surface area contributed by atoms with Crippen molar-refractivity contribution in [3.63, 3.8) is 0 Å². The number of hydrogen-bond donors (Lipinski definition) is 9. The summed E-state index contributed by atoms with van der Waals surface area (Å²) >= 11 is 0. The Kier molecular flexibility index (Phi) is 16.2. The van der Waals surface area contributed by atoms with Crippen molar-refractivity contribution in [2.45, 2.75) is 160 Å². The summed E-state index contributed by atoms with van der Waals surface area (Å²) in [6, 6.07) is 1.54. The Morgan fingerprint density at radius 3 is 1.56 bits per heavy atom. The largest absolute Gasteiger partial charge is 0.390 e. The number of aryl methyl sites for hydroxylation is 1. The van der Waals surface area contributed by atoms with Crippen LogP contribution in [0.25, 0.3) is 22.3 Å². The molecule has 0 aromatic carbocycles. The van der Waals surface area contributed by atoms with Crippen molar-refractivity contribution in [3.8, 4) is 0 Å². The minimum Gasteiger partial charge on any atom is -0.390 e. The third-order valence-corrected chi connectivity index (χ3v) is 12.5. The maximum absolute atomic E-state index is 11.7. The lowest BCUT2D eigenvalue weighted by atomic mass is 10.1. The van der Waals surface area contributed by atoms with E-state index in [1.54, 1.807) is 28.6 Å². The standard InChI is InChI=1S/C11H15N5O3.C11H15N5O2.C11H16N2O4.C10H15N3O3/c1-2-6-5(17)3-7(19-6)16-4-13-8-9(16)14-11(12)15-10(8)18;1-2-7-6(17)3-8(18-7)16-5-15-9-10(12)13-4-14-11(9)16;1-3-8-7(14)4-9(17-8)13-5-6(2)10(15)12-11(13)16;1-2-7-6(14)5-9(16-7)13-4-3-8(11)12-10(13)15/h4-7,17H,2-3H2,1H3,(H3,12,14,15,18);4-8,17H,2-3H2,1H3,(H2,12,13,14);5,7-9,14H,3-4H2,1-2H3,(H,12,15,16);3-4,6-7,9,14H,2,5H2,1H3,(H2,11,12,15). The van der Waals surface area contributed by atoms with E-state index in [0.29, 0.717) is 60.3 Å². The van der Waals surface area contributed by atoms with Crippen LogP contribution >= 0.6 is 0 Å². The molecule has 4 fully saturated rings. The molecule has 6 aromatic heterocycles. The van der Waals surface area contributed by atoms with Gasteiger partial charge in [-0.3, -0.25) is 37.8 Å². The van der Waals surface area contributed by atoms with Crippen LogP contribution in [0, 0.1) is 6.92 Å². The molecule has 0 spiro atoms. The molecule has 4 saturated heterocycles. The van der Waals surface area contributed by atoms with Crippen molar-refractivity contribution in [2.24, 2.45) is 0 Å². The summed E-state index contributed by atoms with van der Waals surface area (Å²) in [5, 5.41) is 39.1. The zero-order chi connectivity index (χ0) is 50.6. The van der Waals surface area contributed by atoms with Crippen molar-refractivity contribution in [1.29, 1.82) is 0 Å². The Labute approximate surface area is 398 Å². The van der Waals surface area contributed by atoms with Crippen LogP contribution in [0.1, 0.15) is 110 Å². The van der Waals surface area contributed by atoms with Crippen molar-refractivity contribution in [2.75, 3.05) is 17.2 Å². The fourth-order valence-corrected chi connectivity index (χ4v) is 8.69. The van der Waals surface area contributed by atoms with Crippen LogP contribution in [0.4, 0.5) is 17.6 Å². The van der Waals surface area contributed by atoms with Gasteiger partial charge >= 0.3 is 11.4 Å². The van der Waals surface area contributed by atoms with Gasteiger partial charge in [0.1, 0.15) is 42.6 Å². The average molecular weight is 980 g/mol. The molecule has 12 N–H and O–H groups in total. The fourth-order valence-electron chi connectivity index (χ4n) is 8.69. The van der Waals surface area contributed by atoms with Gasteiger partial charge < -0.3 is 56.6 Å². The van der Waals surface area contributed by atoms with E-state index in [-0.39, 0.29) is 59.7 Å². The van der Waals surface area contributed by atoms with Crippen molar-refractivity contribution >= 4 is 39.9 Å². The first-order valence-electron chi connectivity index (χ1n) is 23.1. The second-order valence-corrected chi connectivity index (χ2v) is 17.2. The molecule has 0 radical (unpaired) electrons. The van der Waals surface area contributed by atoms with Crippen LogP contribution in [-0.2, 0) is 18.9 Å². The normalized spacial score (nSPS) is 28.2. The van der Waals surface area contributed by atoms with Gasteiger partial charge in [0.2, 0.25) is 5.95 Å². The molecule has 6 aromatic rings. The predicted molar refractivity (Wildman–Crippen MR) is 251 cm³/mol. The molecule has 12 atom stereocenters. The van der Waals surface area contributed by atoms with Gasteiger partial charge in [-0.25, -0.2) is 29.5 Å². The Bertz CT molecular complexity index is 2970. The number of imidazole rings is 2. The molecule has 27 heteroatoms. The molecule has 380 valence electrons. The molecule has 27 nitrogen and oxygen atoms in total. The van der Waals surface area contributed by atoms with Gasteiger partial charge in [-0.1, -0.05) is 27.7 Å². The average Bonchev–Trinajstić information content (AvgIpc) is 4.20. The van der Waals surface area contributed by atoms with Crippen LogP contribution in [0.3, 0.4) is 0 Å². The second kappa shape index (κ2) is 22.1. The quantitative estimate of drug-likeness (QED) is 0.0970. The number of nitrogens with two attached hydrogens (primary N) is 3. The minimum atomic E-state index is -0.566. The summed E-state index contributed by atoms with van der Waals surface area (Å²) in [5.41, 5.74) is 17.2. The third-order valence-electron chi connectivity index (χ3n) is 12.5. The van der Waals surface area contributed by atoms with Crippen LogP contribution in [0.15, 0.2) is 56.6 Å². The molecular formula is C43H61N15O12. The van der Waals surface area contributed by atoms with Crippen LogP contribution < -0.4 is 39.7 Å². The third kappa shape index (κ3) is 11.1. The van der Waals surface area contributed by atoms with Crippen LogP contribution in [-0.4, -0.2) is 127 Å². The SMILES string of the molecule is CCC1OC(n2cc(C)c(=O)[nH]c2=O)CC1O.CCC1OC(n2ccc(N)nc2=O)CC1O.CCC1OC(n2cnc3c(=O)[nH]c(N)nc32)CC1O.CCC1OC(n2cnc3c(N)ncnc32)CC1O. The first-order valence-corrected chi connectivity index (χ1v) is 23.1. The number of hydrogen-bond acceptors (Lipinski definition) is 21. The van der Waals surface area contributed by atoms with Gasteiger partial charge in [0.25, 0.3) is 11.1 Å². The van der Waals surface area contributed by atoms with Crippen LogP contribution in [0.2, 0.25) is 0 Å². The Balaban J connectivity index is 0.000000138. The molecule has 10 rings (SSSR count). The van der Waals surface area contributed by atoms with Gasteiger partial charge in [0.15, 0.2) is 22.6 Å². The highest BCUT2D eigenvalue weighted by Crippen LogP contribution is 2.34. The zero-order valence-electron chi connectivity index (χ0n) is 39.3. The van der Waals surface area contributed by atoms with E-state index in [4.69, 9.17) is 36.1 Å². The molecule has 0 bridgehead atoms. The summed E-state index contributed by atoms with van der Waals surface area (Å²) in [6.07, 6.45) is 7.75. The number of rotatable bonds is 8. The summed E-state index contributed by atoms with van der Waals surface area (Å²) in [4.78, 5) is 74.7. The molecule has 10 heterocycles. The topological polar surface area (TPSA) is 393 Å². The highest BCUT2D eigenvalue weighted by atomic mass is 16.5. The number of aliphatic hydroxyl groups is 4. The number of nitrogen functional groups attached to an aromatic ring is 3. The molecule has 0 aliphatic carbocycles. The number of nitrogens with zero attached hydrogens (tertiary/aromatic N) is 10. The summed E-state index contributed by atoms with van der Waals surface area (Å²) in [7, 11) is 0. The lowest BCUT2D eigenvalue weighted by Crippen LogP contribution is -2.33. The number of aromatic amines is 2. The fraction of sp³-hybridized carbons (Fsp3) is 0.581. The van der Waals surface area contributed by atoms with Gasteiger partial charge in [0, 0.05) is 43.6 Å². The lowest BCUT2D eigenvalue weighted by molar-refractivity contribution is -0.0218. The molecule has 12 unspecified atom stereocenters. The highest BCUT2D eigenvalue weighted by Gasteiger charge is 2.37. The van der Waals surface area contributed by atoms with Crippen molar-refractivity contribution in [1.82, 2.24) is 58.1 Å². The Morgan fingerprint density at radius 2 is 1.07 bits per heavy atom. The van der Waals surface area contributed by atoms with E-state index in [1.807, 2.05) is 27.7 Å². The van der Waals surface area contributed by atoms with Crippen molar-refractivity contribution < 1.29 is 39.4 Å². The van der Waals surface area contributed by atoms with E-state index in [0.717, 1.165) is 19.3 Å². The molecule has 0 amide bonds. The number of fused-ring (bicyclic) bond motifs is 2. The van der Waals surface area contributed by atoms with Gasteiger partial charge in [-0.2, -0.15) is 9.97 Å². The van der Waals surface area contributed by atoms with E-state index >= 15 is 0 Å². The minimum absolute atomic E-state index is 0.0323. The molecule has 0 saturated carbocycles. The van der Waals surface area contributed by atoms with Gasteiger partial charge in [-0.15, -0.1) is 0 Å². The number of aromatic nitrogens is 12. The smallest absolute Gasteiger partial charge is 0.351 e. The molecular weight excluding hydrogens is 919 g/mol. The maximum atomic E-state index is 11.7. The Hall–Kier alpha value is -6.46. The number of aliphatic hydroxyl groups excluding tert-OH is 4. The maximum Gasteiger partial charge on any atom is 0.351 e. The summed E-state index contributed by atoms with van der Waals surface area (Å²) in [6.45, 7) is 9.40. The molecule has 4 aliphatic rings. The van der Waals surface area contributed by atoms with Gasteiger partial charge in [0.05, 0.1) is 61.5 Å².